The lowest BCUT2D eigenvalue weighted by Gasteiger charge is -2.17. The lowest BCUT2D eigenvalue weighted by atomic mass is 10.2. The zero-order chi connectivity index (χ0) is 12.8. The Bertz CT molecular complexity index is 342. The van der Waals surface area contributed by atoms with Crippen LogP contribution in [-0.4, -0.2) is 34.5 Å². The molecule has 96 valence electrons. The van der Waals surface area contributed by atoms with E-state index in [1.165, 1.54) is 0 Å². The average molecular weight is 276 g/mol. The zero-order valence-corrected chi connectivity index (χ0v) is 12.1. The van der Waals surface area contributed by atoms with Crippen molar-refractivity contribution in [1.82, 2.24) is 14.9 Å². The van der Waals surface area contributed by atoms with Crippen LogP contribution >= 0.6 is 23.2 Å². The Labute approximate surface area is 113 Å². The van der Waals surface area contributed by atoms with Gasteiger partial charge in [-0.1, -0.05) is 44.0 Å². The summed E-state index contributed by atoms with van der Waals surface area (Å²) in [5.41, 5.74) is 0.833. The molecule has 3 nitrogen and oxygen atoms in total. The fraction of sp³-hybridized carbons (Fsp3) is 0.667. The molecular weight excluding hydrogens is 257 g/mol. The first kappa shape index (κ1) is 14.7. The predicted octanol–water partition coefficient (Wildman–Crippen LogP) is 3.23. The van der Waals surface area contributed by atoms with Crippen molar-refractivity contribution in [2.24, 2.45) is 0 Å². The normalized spacial score (nSPS) is 11.2. The van der Waals surface area contributed by atoms with E-state index in [0.717, 1.165) is 43.9 Å². The summed E-state index contributed by atoms with van der Waals surface area (Å²) in [6.45, 7) is 9.28. The molecule has 1 heterocycles. The molecule has 0 spiro atoms. The molecule has 0 fully saturated rings. The quantitative estimate of drug-likeness (QED) is 0.747. The molecule has 1 rings (SSSR count). The third kappa shape index (κ3) is 4.09. The lowest BCUT2D eigenvalue weighted by Crippen LogP contribution is -2.25. The minimum atomic E-state index is 0.488. The van der Waals surface area contributed by atoms with Gasteiger partial charge < -0.3 is 4.90 Å². The van der Waals surface area contributed by atoms with Gasteiger partial charge in [-0.05, 0) is 19.5 Å². The smallest absolute Gasteiger partial charge is 0.137 e. The minimum Gasteiger partial charge on any atom is -0.303 e. The van der Waals surface area contributed by atoms with Gasteiger partial charge in [0.05, 0.1) is 0 Å². The largest absolute Gasteiger partial charge is 0.303 e. The topological polar surface area (TPSA) is 29.0 Å². The molecule has 0 N–H and O–H groups in total. The van der Waals surface area contributed by atoms with E-state index in [0.29, 0.717) is 10.3 Å². The summed E-state index contributed by atoms with van der Waals surface area (Å²) in [4.78, 5) is 10.9. The standard InChI is InChI=1S/C12H19Cl2N3/c1-4-9-11(13)15-10(16-12(9)14)7-8-17(5-2)6-3/h4-8H2,1-3H3. The summed E-state index contributed by atoms with van der Waals surface area (Å²) in [7, 11) is 0. The number of halogens is 2. The van der Waals surface area contributed by atoms with Gasteiger partial charge in [-0.25, -0.2) is 9.97 Å². The van der Waals surface area contributed by atoms with Gasteiger partial charge in [0.2, 0.25) is 0 Å². The third-order valence-electron chi connectivity index (χ3n) is 2.85. The second kappa shape index (κ2) is 7.14. The Kier molecular flexibility index (Phi) is 6.17. The van der Waals surface area contributed by atoms with Crippen LogP contribution in [-0.2, 0) is 12.8 Å². The summed E-state index contributed by atoms with van der Waals surface area (Å²) in [6.07, 6.45) is 1.54. The van der Waals surface area contributed by atoms with Gasteiger partial charge in [0, 0.05) is 18.5 Å². The second-order valence-corrected chi connectivity index (χ2v) is 4.55. The first-order valence-corrected chi connectivity index (χ1v) is 6.81. The van der Waals surface area contributed by atoms with Crippen molar-refractivity contribution in [2.75, 3.05) is 19.6 Å². The molecule has 0 amide bonds. The van der Waals surface area contributed by atoms with E-state index in [4.69, 9.17) is 23.2 Å². The van der Waals surface area contributed by atoms with E-state index >= 15 is 0 Å². The van der Waals surface area contributed by atoms with Crippen LogP contribution < -0.4 is 0 Å². The summed E-state index contributed by atoms with van der Waals surface area (Å²) in [5.74, 6) is 0.726. The highest BCUT2D eigenvalue weighted by Crippen LogP contribution is 2.21. The maximum Gasteiger partial charge on any atom is 0.137 e. The van der Waals surface area contributed by atoms with Crippen molar-refractivity contribution in [1.29, 1.82) is 0 Å². The Balaban J connectivity index is 2.73. The maximum atomic E-state index is 6.07. The van der Waals surface area contributed by atoms with Gasteiger partial charge in [0.25, 0.3) is 0 Å². The van der Waals surface area contributed by atoms with Gasteiger partial charge in [0.1, 0.15) is 16.1 Å². The van der Waals surface area contributed by atoms with Crippen molar-refractivity contribution < 1.29 is 0 Å². The summed E-state index contributed by atoms with van der Waals surface area (Å²) in [5, 5.41) is 0.976. The van der Waals surface area contributed by atoms with E-state index in [9.17, 15) is 0 Å². The number of rotatable bonds is 6. The molecule has 17 heavy (non-hydrogen) atoms. The molecule has 0 saturated carbocycles. The maximum absolute atomic E-state index is 6.07. The molecule has 0 radical (unpaired) electrons. The Hall–Kier alpha value is -0.380. The van der Waals surface area contributed by atoms with E-state index in [2.05, 4.69) is 28.7 Å². The fourth-order valence-electron chi connectivity index (χ4n) is 1.67. The van der Waals surface area contributed by atoms with Gasteiger partial charge in [-0.15, -0.1) is 0 Å². The highest BCUT2D eigenvalue weighted by atomic mass is 35.5. The fourth-order valence-corrected chi connectivity index (χ4v) is 2.36. The van der Waals surface area contributed by atoms with Gasteiger partial charge in [-0.3, -0.25) is 0 Å². The molecule has 0 aliphatic rings. The van der Waals surface area contributed by atoms with Crippen LogP contribution in [0.25, 0.3) is 0 Å². The molecular formula is C12H19Cl2N3. The van der Waals surface area contributed by atoms with Crippen molar-refractivity contribution in [3.8, 4) is 0 Å². The summed E-state index contributed by atoms with van der Waals surface area (Å²) < 4.78 is 0. The van der Waals surface area contributed by atoms with Crippen LogP contribution in [0.4, 0.5) is 0 Å². The Morgan fingerprint density at radius 1 is 1.00 bits per heavy atom. The number of nitrogens with zero attached hydrogens (tertiary/aromatic N) is 3. The van der Waals surface area contributed by atoms with Crippen LogP contribution in [0.15, 0.2) is 0 Å². The highest BCUT2D eigenvalue weighted by Gasteiger charge is 2.10. The number of hydrogen-bond donors (Lipinski definition) is 0. The molecule has 1 aromatic rings. The summed E-state index contributed by atoms with van der Waals surface area (Å²) >= 11 is 12.1. The number of aromatic nitrogens is 2. The van der Waals surface area contributed by atoms with Crippen LogP contribution in [0.1, 0.15) is 32.2 Å². The first-order chi connectivity index (χ1) is 8.12. The molecule has 0 atom stereocenters. The molecule has 0 bridgehead atoms. The van der Waals surface area contributed by atoms with E-state index < -0.39 is 0 Å². The van der Waals surface area contributed by atoms with Gasteiger partial charge >= 0.3 is 0 Å². The van der Waals surface area contributed by atoms with Crippen LogP contribution in [0.5, 0.6) is 0 Å². The molecule has 5 heteroatoms. The van der Waals surface area contributed by atoms with Crippen molar-refractivity contribution in [2.45, 2.75) is 33.6 Å². The first-order valence-electron chi connectivity index (χ1n) is 6.05. The molecule has 0 unspecified atom stereocenters. The van der Waals surface area contributed by atoms with Crippen molar-refractivity contribution in [3.63, 3.8) is 0 Å². The molecule has 0 aromatic carbocycles. The van der Waals surface area contributed by atoms with Crippen LogP contribution in [0.2, 0.25) is 10.3 Å². The van der Waals surface area contributed by atoms with Crippen molar-refractivity contribution in [3.05, 3.63) is 21.7 Å². The monoisotopic (exact) mass is 275 g/mol. The van der Waals surface area contributed by atoms with Crippen molar-refractivity contribution >= 4 is 23.2 Å². The van der Waals surface area contributed by atoms with E-state index in [-0.39, 0.29) is 0 Å². The second-order valence-electron chi connectivity index (χ2n) is 3.83. The highest BCUT2D eigenvalue weighted by molar-refractivity contribution is 6.34. The van der Waals surface area contributed by atoms with Crippen LogP contribution in [0.3, 0.4) is 0 Å². The molecule has 0 aliphatic carbocycles. The third-order valence-corrected chi connectivity index (χ3v) is 3.48. The lowest BCUT2D eigenvalue weighted by molar-refractivity contribution is 0.305. The summed E-state index contributed by atoms with van der Waals surface area (Å²) in [6, 6.07) is 0. The predicted molar refractivity (Wildman–Crippen MR) is 72.9 cm³/mol. The SMILES string of the molecule is CCc1c(Cl)nc(CCN(CC)CC)nc1Cl. The number of hydrogen-bond acceptors (Lipinski definition) is 3. The average Bonchev–Trinajstić information content (AvgIpc) is 2.30. The Morgan fingerprint density at radius 2 is 1.53 bits per heavy atom. The van der Waals surface area contributed by atoms with E-state index in [1.807, 2.05) is 6.92 Å². The Morgan fingerprint density at radius 3 is 1.94 bits per heavy atom. The molecule has 1 aromatic heterocycles. The molecule has 0 aliphatic heterocycles. The minimum absolute atomic E-state index is 0.488. The van der Waals surface area contributed by atoms with Gasteiger partial charge in [0.15, 0.2) is 0 Å². The molecule has 0 saturated heterocycles. The number of likely N-dealkylation sites (N-methyl/N-ethyl adjacent to an activating group) is 1. The zero-order valence-electron chi connectivity index (χ0n) is 10.6. The van der Waals surface area contributed by atoms with Gasteiger partial charge in [-0.2, -0.15) is 0 Å². The van der Waals surface area contributed by atoms with E-state index in [1.54, 1.807) is 0 Å². The van der Waals surface area contributed by atoms with Crippen LogP contribution in [0, 0.1) is 0 Å².